The van der Waals surface area contributed by atoms with Gasteiger partial charge in [0.2, 0.25) is 11.8 Å². The Kier molecular flexibility index (Phi) is 8.03. The van der Waals surface area contributed by atoms with E-state index in [1.807, 2.05) is 4.90 Å². The second kappa shape index (κ2) is 11.8. The zero-order valence-corrected chi connectivity index (χ0v) is 23.3. The van der Waals surface area contributed by atoms with E-state index in [4.69, 9.17) is 0 Å². The van der Waals surface area contributed by atoms with Crippen LogP contribution in [0.3, 0.4) is 0 Å². The van der Waals surface area contributed by atoms with Crippen LogP contribution in [0.1, 0.15) is 62.5 Å². The lowest BCUT2D eigenvalue weighted by Crippen LogP contribution is -2.74. The summed E-state index contributed by atoms with van der Waals surface area (Å²) in [5.74, 6) is 0.474. The van der Waals surface area contributed by atoms with Gasteiger partial charge in [0.15, 0.2) is 0 Å². The fraction of sp³-hybridized carbons (Fsp3) is 0.576. The van der Waals surface area contributed by atoms with E-state index in [1.54, 1.807) is 0 Å². The SMILES string of the molecule is O=C1C2CCCN2C(=O)C2(CCN(CCCCCc3ccccc3)CC2)N1C1CCN(Cc2ccccc2)C1. The molecule has 0 aromatic heterocycles. The van der Waals surface area contributed by atoms with Gasteiger partial charge in [0, 0.05) is 45.3 Å². The average Bonchev–Trinajstić information content (AvgIpc) is 3.64. The monoisotopic (exact) mass is 528 g/mol. The molecule has 0 saturated carbocycles. The van der Waals surface area contributed by atoms with Crippen LogP contribution in [0.15, 0.2) is 60.7 Å². The van der Waals surface area contributed by atoms with Crippen molar-refractivity contribution in [2.45, 2.75) is 82.0 Å². The molecule has 2 aromatic carbocycles. The zero-order chi connectivity index (χ0) is 26.7. The summed E-state index contributed by atoms with van der Waals surface area (Å²) in [6, 6.07) is 21.3. The van der Waals surface area contributed by atoms with Crippen LogP contribution in [0, 0.1) is 0 Å². The van der Waals surface area contributed by atoms with Gasteiger partial charge in [-0.05, 0) is 69.0 Å². The van der Waals surface area contributed by atoms with E-state index in [0.717, 1.165) is 84.3 Å². The van der Waals surface area contributed by atoms with Gasteiger partial charge in [-0.1, -0.05) is 67.1 Å². The minimum Gasteiger partial charge on any atom is -0.329 e. The Morgan fingerprint density at radius 3 is 2.21 bits per heavy atom. The number of fused-ring (bicyclic) bond motifs is 1. The number of hydrogen-bond donors (Lipinski definition) is 0. The first-order valence-electron chi connectivity index (χ1n) is 15.3. The Morgan fingerprint density at radius 1 is 0.744 bits per heavy atom. The highest BCUT2D eigenvalue weighted by Crippen LogP contribution is 2.42. The second-order valence-electron chi connectivity index (χ2n) is 12.2. The number of benzene rings is 2. The van der Waals surface area contributed by atoms with Crippen molar-refractivity contribution < 1.29 is 9.59 Å². The number of carbonyl (C=O) groups is 2. The molecule has 4 aliphatic heterocycles. The van der Waals surface area contributed by atoms with Crippen LogP contribution in [-0.2, 0) is 22.6 Å². The van der Waals surface area contributed by atoms with Gasteiger partial charge < -0.3 is 14.7 Å². The van der Waals surface area contributed by atoms with E-state index in [-0.39, 0.29) is 23.9 Å². The standard InChI is InChI=1S/C33H44N4O2/c38-31-30-16-10-21-36(30)32(39)33(37(31)29-17-22-35(26-29)25-28-14-6-2-7-15-28)18-23-34(24-19-33)20-9-3-8-13-27-11-4-1-5-12-27/h1-2,4-7,11-12,14-15,29-30H,3,8-10,13,16-26H2. The number of piperazine rings is 1. The smallest absolute Gasteiger partial charge is 0.249 e. The number of amides is 2. The number of hydrogen-bond acceptors (Lipinski definition) is 4. The molecule has 6 nitrogen and oxygen atoms in total. The van der Waals surface area contributed by atoms with Crippen LogP contribution in [-0.4, -0.2) is 88.3 Å². The molecular weight excluding hydrogens is 484 g/mol. The lowest BCUT2D eigenvalue weighted by Gasteiger charge is -2.55. The number of nitrogens with zero attached hydrogens (tertiary/aromatic N) is 4. The molecule has 2 aromatic rings. The molecule has 0 radical (unpaired) electrons. The van der Waals surface area contributed by atoms with Crippen LogP contribution in [0.5, 0.6) is 0 Å². The number of rotatable bonds is 9. The third-order valence-corrected chi connectivity index (χ3v) is 9.72. The summed E-state index contributed by atoms with van der Waals surface area (Å²) < 4.78 is 0. The summed E-state index contributed by atoms with van der Waals surface area (Å²) in [5, 5.41) is 0. The maximum Gasteiger partial charge on any atom is 0.249 e. The van der Waals surface area contributed by atoms with Gasteiger partial charge in [-0.15, -0.1) is 0 Å². The predicted octanol–water partition coefficient (Wildman–Crippen LogP) is 4.34. The number of piperidine rings is 1. The van der Waals surface area contributed by atoms with Gasteiger partial charge >= 0.3 is 0 Å². The second-order valence-corrected chi connectivity index (χ2v) is 12.2. The molecule has 0 aliphatic carbocycles. The van der Waals surface area contributed by atoms with Crippen molar-refractivity contribution in [3.8, 4) is 0 Å². The van der Waals surface area contributed by atoms with E-state index < -0.39 is 5.54 Å². The molecular formula is C33H44N4O2. The van der Waals surface area contributed by atoms with Crippen LogP contribution < -0.4 is 0 Å². The molecule has 6 rings (SSSR count). The van der Waals surface area contributed by atoms with Crippen LogP contribution >= 0.6 is 0 Å². The largest absolute Gasteiger partial charge is 0.329 e. The Bertz CT molecular complexity index is 1120. The molecule has 4 saturated heterocycles. The van der Waals surface area contributed by atoms with Crippen molar-refractivity contribution in [3.63, 3.8) is 0 Å². The molecule has 39 heavy (non-hydrogen) atoms. The van der Waals surface area contributed by atoms with Gasteiger partial charge in [0.25, 0.3) is 0 Å². The van der Waals surface area contributed by atoms with Crippen molar-refractivity contribution in [2.24, 2.45) is 0 Å². The topological polar surface area (TPSA) is 47.1 Å². The Morgan fingerprint density at radius 2 is 1.46 bits per heavy atom. The molecule has 4 heterocycles. The molecule has 4 aliphatic rings. The summed E-state index contributed by atoms with van der Waals surface area (Å²) in [6.45, 7) is 6.42. The number of unbranched alkanes of at least 4 members (excludes halogenated alkanes) is 2. The molecule has 2 atom stereocenters. The fourth-order valence-corrected chi connectivity index (χ4v) is 7.63. The maximum absolute atomic E-state index is 14.1. The van der Waals surface area contributed by atoms with Gasteiger partial charge in [0.1, 0.15) is 11.6 Å². The van der Waals surface area contributed by atoms with Gasteiger partial charge in [0.05, 0.1) is 0 Å². The number of carbonyl (C=O) groups excluding carboxylic acids is 2. The van der Waals surface area contributed by atoms with Crippen molar-refractivity contribution >= 4 is 11.8 Å². The van der Waals surface area contributed by atoms with Gasteiger partial charge in [-0.25, -0.2) is 0 Å². The first-order valence-corrected chi connectivity index (χ1v) is 15.3. The minimum absolute atomic E-state index is 0.137. The van der Waals surface area contributed by atoms with Crippen molar-refractivity contribution in [1.29, 1.82) is 0 Å². The maximum atomic E-state index is 14.1. The molecule has 6 heteroatoms. The Labute approximate surface area is 233 Å². The Hall–Kier alpha value is -2.70. The third kappa shape index (κ3) is 5.51. The highest BCUT2D eigenvalue weighted by atomic mass is 16.2. The molecule has 0 bridgehead atoms. The summed E-state index contributed by atoms with van der Waals surface area (Å²) in [6.07, 6.45) is 9.09. The molecule has 2 unspecified atom stereocenters. The van der Waals surface area contributed by atoms with Crippen LogP contribution in [0.4, 0.5) is 0 Å². The molecule has 4 fully saturated rings. The van der Waals surface area contributed by atoms with E-state index in [2.05, 4.69) is 75.4 Å². The fourth-order valence-electron chi connectivity index (χ4n) is 7.63. The average molecular weight is 529 g/mol. The van der Waals surface area contributed by atoms with E-state index in [0.29, 0.717) is 0 Å². The summed E-state index contributed by atoms with van der Waals surface area (Å²) in [4.78, 5) is 37.2. The lowest BCUT2D eigenvalue weighted by molar-refractivity contribution is -0.176. The van der Waals surface area contributed by atoms with E-state index in [9.17, 15) is 9.59 Å². The van der Waals surface area contributed by atoms with Gasteiger partial charge in [-0.2, -0.15) is 0 Å². The zero-order valence-electron chi connectivity index (χ0n) is 23.3. The third-order valence-electron chi connectivity index (χ3n) is 9.72. The number of aryl methyl sites for hydroxylation is 1. The van der Waals surface area contributed by atoms with Crippen molar-refractivity contribution in [3.05, 3.63) is 71.8 Å². The van der Waals surface area contributed by atoms with E-state index >= 15 is 0 Å². The first kappa shape index (κ1) is 26.5. The normalized spacial score (nSPS) is 25.5. The van der Waals surface area contributed by atoms with Crippen molar-refractivity contribution in [1.82, 2.24) is 19.6 Å². The number of likely N-dealkylation sites (tertiary alicyclic amines) is 2. The summed E-state index contributed by atoms with van der Waals surface area (Å²) >= 11 is 0. The molecule has 2 amide bonds. The van der Waals surface area contributed by atoms with E-state index in [1.165, 1.54) is 30.4 Å². The molecule has 208 valence electrons. The lowest BCUT2D eigenvalue weighted by atomic mass is 9.79. The molecule has 1 spiro atoms. The highest BCUT2D eigenvalue weighted by Gasteiger charge is 2.59. The minimum atomic E-state index is -0.644. The highest BCUT2D eigenvalue weighted by molar-refractivity contribution is 6.00. The van der Waals surface area contributed by atoms with Crippen molar-refractivity contribution in [2.75, 3.05) is 39.3 Å². The quantitative estimate of drug-likeness (QED) is 0.455. The summed E-state index contributed by atoms with van der Waals surface area (Å²) in [5.41, 5.74) is 2.09. The predicted molar refractivity (Wildman–Crippen MR) is 154 cm³/mol. The summed E-state index contributed by atoms with van der Waals surface area (Å²) in [7, 11) is 0. The molecule has 0 N–H and O–H groups in total. The first-order chi connectivity index (χ1) is 19.1. The Balaban J connectivity index is 1.08. The van der Waals surface area contributed by atoms with Crippen LogP contribution in [0.25, 0.3) is 0 Å². The van der Waals surface area contributed by atoms with Crippen LogP contribution in [0.2, 0.25) is 0 Å². The van der Waals surface area contributed by atoms with Gasteiger partial charge in [-0.3, -0.25) is 14.5 Å².